The number of anilines is 3. The van der Waals surface area contributed by atoms with E-state index in [1.54, 1.807) is 18.2 Å². The van der Waals surface area contributed by atoms with Crippen molar-refractivity contribution in [1.29, 1.82) is 0 Å². The van der Waals surface area contributed by atoms with Gasteiger partial charge in [0.15, 0.2) is 17.4 Å². The minimum absolute atomic E-state index is 0.243. The van der Waals surface area contributed by atoms with E-state index in [-0.39, 0.29) is 11.7 Å². The van der Waals surface area contributed by atoms with Crippen molar-refractivity contribution in [2.75, 3.05) is 41.3 Å². The predicted octanol–water partition coefficient (Wildman–Crippen LogP) is 2.65. The SMILES string of the molecule is O=C(Nc1ccc(N2CCN(c3ccccc3)CC2)nn1)c1ccco1. The van der Waals surface area contributed by atoms with Gasteiger partial charge in [-0.2, -0.15) is 0 Å². The van der Waals surface area contributed by atoms with Crippen molar-refractivity contribution in [1.82, 2.24) is 10.2 Å². The third-order valence-electron chi connectivity index (χ3n) is 4.36. The van der Waals surface area contributed by atoms with E-state index in [0.29, 0.717) is 5.82 Å². The van der Waals surface area contributed by atoms with Gasteiger partial charge in [0.2, 0.25) is 0 Å². The number of furan rings is 1. The van der Waals surface area contributed by atoms with Crippen molar-refractivity contribution in [3.8, 4) is 0 Å². The van der Waals surface area contributed by atoms with Crippen molar-refractivity contribution in [3.63, 3.8) is 0 Å². The maximum Gasteiger partial charge on any atom is 0.292 e. The monoisotopic (exact) mass is 349 g/mol. The molecule has 7 nitrogen and oxygen atoms in total. The molecule has 2 aromatic heterocycles. The Morgan fingerprint density at radius 1 is 0.885 bits per heavy atom. The molecule has 1 fully saturated rings. The highest BCUT2D eigenvalue weighted by Gasteiger charge is 2.19. The Labute approximate surface area is 151 Å². The molecule has 0 spiro atoms. The Hall–Kier alpha value is -3.35. The number of rotatable bonds is 4. The molecule has 0 atom stereocenters. The van der Waals surface area contributed by atoms with E-state index in [0.717, 1.165) is 32.0 Å². The number of benzene rings is 1. The molecular weight excluding hydrogens is 330 g/mol. The van der Waals surface area contributed by atoms with E-state index in [1.807, 2.05) is 12.1 Å². The molecule has 0 unspecified atom stereocenters. The Balaban J connectivity index is 1.35. The van der Waals surface area contributed by atoms with Gasteiger partial charge in [0.05, 0.1) is 6.26 Å². The second-order valence-corrected chi connectivity index (χ2v) is 6.02. The Morgan fingerprint density at radius 3 is 2.31 bits per heavy atom. The summed E-state index contributed by atoms with van der Waals surface area (Å²) in [7, 11) is 0. The van der Waals surface area contributed by atoms with Gasteiger partial charge in [-0.1, -0.05) is 18.2 Å². The molecule has 0 aliphatic carbocycles. The molecule has 1 aliphatic heterocycles. The zero-order valence-electron chi connectivity index (χ0n) is 14.2. The molecule has 1 aromatic carbocycles. The highest BCUT2D eigenvalue weighted by atomic mass is 16.3. The lowest BCUT2D eigenvalue weighted by Crippen LogP contribution is -2.46. The van der Waals surface area contributed by atoms with E-state index in [1.165, 1.54) is 12.0 Å². The smallest absolute Gasteiger partial charge is 0.292 e. The van der Waals surface area contributed by atoms with Crippen LogP contribution in [0.1, 0.15) is 10.6 Å². The summed E-state index contributed by atoms with van der Waals surface area (Å²) < 4.78 is 5.06. The molecular formula is C19H19N5O2. The molecule has 7 heteroatoms. The average Bonchev–Trinajstić information content (AvgIpc) is 3.25. The molecule has 1 amide bonds. The summed E-state index contributed by atoms with van der Waals surface area (Å²) in [5.74, 6) is 1.12. The van der Waals surface area contributed by atoms with E-state index in [4.69, 9.17) is 4.42 Å². The zero-order valence-corrected chi connectivity index (χ0v) is 14.2. The van der Waals surface area contributed by atoms with Gasteiger partial charge in [-0.15, -0.1) is 10.2 Å². The van der Waals surface area contributed by atoms with Gasteiger partial charge in [-0.3, -0.25) is 4.79 Å². The first-order valence-corrected chi connectivity index (χ1v) is 8.53. The van der Waals surface area contributed by atoms with Crippen LogP contribution < -0.4 is 15.1 Å². The lowest BCUT2D eigenvalue weighted by atomic mass is 10.2. The summed E-state index contributed by atoms with van der Waals surface area (Å²) >= 11 is 0. The van der Waals surface area contributed by atoms with Crippen LogP contribution in [-0.2, 0) is 0 Å². The fourth-order valence-corrected chi connectivity index (χ4v) is 2.98. The highest BCUT2D eigenvalue weighted by molar-refractivity contribution is 6.01. The number of hydrogen-bond acceptors (Lipinski definition) is 6. The van der Waals surface area contributed by atoms with Crippen molar-refractivity contribution >= 4 is 23.2 Å². The molecule has 132 valence electrons. The molecule has 3 aromatic rings. The third kappa shape index (κ3) is 3.51. The first-order valence-electron chi connectivity index (χ1n) is 8.53. The van der Waals surface area contributed by atoms with Crippen molar-refractivity contribution in [3.05, 3.63) is 66.6 Å². The van der Waals surface area contributed by atoms with Crippen LogP contribution in [0.5, 0.6) is 0 Å². The number of piperazine rings is 1. The van der Waals surface area contributed by atoms with Gasteiger partial charge < -0.3 is 19.5 Å². The molecule has 1 saturated heterocycles. The second kappa shape index (κ2) is 7.26. The lowest BCUT2D eigenvalue weighted by molar-refractivity contribution is 0.0996. The van der Waals surface area contributed by atoms with E-state index in [9.17, 15) is 4.79 Å². The first kappa shape index (κ1) is 16.1. The Kier molecular flexibility index (Phi) is 4.51. The van der Waals surface area contributed by atoms with Crippen LogP contribution in [-0.4, -0.2) is 42.3 Å². The summed E-state index contributed by atoms with van der Waals surface area (Å²) in [6, 6.07) is 17.3. The highest BCUT2D eigenvalue weighted by Crippen LogP contribution is 2.19. The van der Waals surface area contributed by atoms with Crippen LogP contribution >= 0.6 is 0 Å². The fourth-order valence-electron chi connectivity index (χ4n) is 2.98. The number of hydrogen-bond donors (Lipinski definition) is 1. The minimum Gasteiger partial charge on any atom is -0.459 e. The van der Waals surface area contributed by atoms with Crippen LogP contribution in [0.4, 0.5) is 17.3 Å². The standard InChI is InChI=1S/C19H19N5O2/c25-19(16-7-4-14-26-16)20-17-8-9-18(22-21-17)24-12-10-23(11-13-24)15-5-2-1-3-6-15/h1-9,14H,10-13H2,(H,20,21,25). The topological polar surface area (TPSA) is 74.5 Å². The fraction of sp³-hybridized carbons (Fsp3) is 0.211. The molecule has 3 heterocycles. The van der Waals surface area contributed by atoms with Crippen LogP contribution in [0, 0.1) is 0 Å². The van der Waals surface area contributed by atoms with Crippen molar-refractivity contribution in [2.24, 2.45) is 0 Å². The van der Waals surface area contributed by atoms with Gasteiger partial charge in [0, 0.05) is 31.9 Å². The number of nitrogens with zero attached hydrogens (tertiary/aromatic N) is 4. The maximum absolute atomic E-state index is 11.9. The van der Waals surface area contributed by atoms with E-state index < -0.39 is 0 Å². The van der Waals surface area contributed by atoms with Crippen molar-refractivity contribution in [2.45, 2.75) is 0 Å². The van der Waals surface area contributed by atoms with Crippen LogP contribution in [0.15, 0.2) is 65.3 Å². The zero-order chi connectivity index (χ0) is 17.8. The Bertz CT molecular complexity index is 841. The summed E-state index contributed by atoms with van der Waals surface area (Å²) in [5.41, 5.74) is 1.24. The molecule has 26 heavy (non-hydrogen) atoms. The molecule has 0 saturated carbocycles. The Morgan fingerprint density at radius 2 is 1.65 bits per heavy atom. The molecule has 4 rings (SSSR count). The van der Waals surface area contributed by atoms with Gasteiger partial charge in [0.1, 0.15) is 0 Å². The van der Waals surface area contributed by atoms with Crippen LogP contribution in [0.25, 0.3) is 0 Å². The lowest BCUT2D eigenvalue weighted by Gasteiger charge is -2.36. The predicted molar refractivity (Wildman–Crippen MR) is 99.6 cm³/mol. The van der Waals surface area contributed by atoms with Crippen molar-refractivity contribution < 1.29 is 9.21 Å². The number of nitrogens with one attached hydrogen (secondary N) is 1. The van der Waals surface area contributed by atoms with Gasteiger partial charge in [-0.25, -0.2) is 0 Å². The molecule has 0 bridgehead atoms. The first-order chi connectivity index (χ1) is 12.8. The quantitative estimate of drug-likeness (QED) is 0.780. The van der Waals surface area contributed by atoms with E-state index >= 15 is 0 Å². The number of aromatic nitrogens is 2. The number of para-hydroxylation sites is 1. The van der Waals surface area contributed by atoms with Crippen LogP contribution in [0.3, 0.4) is 0 Å². The summed E-state index contributed by atoms with van der Waals surface area (Å²) in [4.78, 5) is 16.5. The molecule has 0 radical (unpaired) electrons. The minimum atomic E-state index is -0.339. The summed E-state index contributed by atoms with van der Waals surface area (Å²) in [6.45, 7) is 3.62. The normalized spacial score (nSPS) is 14.3. The maximum atomic E-state index is 11.9. The summed E-state index contributed by atoms with van der Waals surface area (Å²) in [5, 5.41) is 11.0. The van der Waals surface area contributed by atoms with Gasteiger partial charge in [-0.05, 0) is 36.4 Å². The van der Waals surface area contributed by atoms with Crippen LogP contribution in [0.2, 0.25) is 0 Å². The number of carbonyl (C=O) groups is 1. The second-order valence-electron chi connectivity index (χ2n) is 6.02. The average molecular weight is 349 g/mol. The van der Waals surface area contributed by atoms with E-state index in [2.05, 4.69) is 49.6 Å². The molecule has 1 N–H and O–H groups in total. The largest absolute Gasteiger partial charge is 0.459 e. The third-order valence-corrected chi connectivity index (χ3v) is 4.36. The van der Waals surface area contributed by atoms with Gasteiger partial charge in [0.25, 0.3) is 5.91 Å². The molecule has 1 aliphatic rings. The van der Waals surface area contributed by atoms with Gasteiger partial charge >= 0.3 is 0 Å². The number of carbonyl (C=O) groups excluding carboxylic acids is 1. The summed E-state index contributed by atoms with van der Waals surface area (Å²) in [6.07, 6.45) is 1.46. The number of amides is 1.